The van der Waals surface area contributed by atoms with Crippen molar-refractivity contribution >= 4 is 0 Å². The second-order valence-corrected chi connectivity index (χ2v) is 5.44. The summed E-state index contributed by atoms with van der Waals surface area (Å²) in [6.07, 6.45) is 8.96. The molecule has 0 spiro atoms. The molecule has 0 unspecified atom stereocenters. The van der Waals surface area contributed by atoms with Crippen molar-refractivity contribution in [2.45, 2.75) is 38.5 Å². The van der Waals surface area contributed by atoms with Crippen molar-refractivity contribution in [1.82, 2.24) is 9.80 Å². The third kappa shape index (κ3) is 3.76. The number of hydrogen-bond donors (Lipinski definition) is 0. The Labute approximate surface area is 94.6 Å². The molecule has 2 heteroatoms. The number of likely N-dealkylation sites (N-methyl/N-ethyl adjacent to an activating group) is 1. The van der Waals surface area contributed by atoms with Gasteiger partial charge in [-0.15, -0.1) is 0 Å². The fraction of sp³-hybridized carbons (Fsp3) is 1.00. The molecule has 1 saturated carbocycles. The molecule has 15 heavy (non-hydrogen) atoms. The Morgan fingerprint density at radius 3 is 2.27 bits per heavy atom. The van der Waals surface area contributed by atoms with Crippen molar-refractivity contribution in [3.63, 3.8) is 0 Å². The molecule has 2 fully saturated rings. The molecule has 0 bridgehead atoms. The highest BCUT2D eigenvalue weighted by atomic mass is 15.2. The maximum Gasteiger partial charge on any atom is 0.0110 e. The van der Waals surface area contributed by atoms with E-state index in [0.29, 0.717) is 0 Å². The lowest BCUT2D eigenvalue weighted by molar-refractivity contribution is 0.142. The topological polar surface area (TPSA) is 6.48 Å². The molecule has 0 radical (unpaired) electrons. The lowest BCUT2D eigenvalue weighted by atomic mass is 9.87. The minimum absolute atomic E-state index is 1.05. The summed E-state index contributed by atoms with van der Waals surface area (Å²) in [6, 6.07) is 0. The van der Waals surface area contributed by atoms with Crippen LogP contribution in [0.3, 0.4) is 0 Å². The second-order valence-electron chi connectivity index (χ2n) is 5.44. The average Bonchev–Trinajstić information content (AvgIpc) is 2.30. The van der Waals surface area contributed by atoms with Crippen LogP contribution in [0.2, 0.25) is 0 Å². The van der Waals surface area contributed by atoms with Gasteiger partial charge in [-0.3, -0.25) is 0 Å². The van der Waals surface area contributed by atoms with Crippen LogP contribution >= 0.6 is 0 Å². The molecule has 2 rings (SSSR count). The molecule has 0 amide bonds. The lowest BCUT2D eigenvalue weighted by Gasteiger charge is -2.33. The summed E-state index contributed by atoms with van der Waals surface area (Å²) < 4.78 is 0. The molecular weight excluding hydrogens is 184 g/mol. The van der Waals surface area contributed by atoms with Gasteiger partial charge in [0.05, 0.1) is 0 Å². The van der Waals surface area contributed by atoms with E-state index < -0.39 is 0 Å². The van der Waals surface area contributed by atoms with Crippen LogP contribution in [0.4, 0.5) is 0 Å². The summed E-state index contributed by atoms with van der Waals surface area (Å²) in [5.41, 5.74) is 0. The number of rotatable bonds is 3. The van der Waals surface area contributed by atoms with Crippen LogP contribution in [-0.2, 0) is 0 Å². The molecule has 88 valence electrons. The highest BCUT2D eigenvalue weighted by Gasteiger charge is 2.17. The summed E-state index contributed by atoms with van der Waals surface area (Å²) >= 11 is 0. The van der Waals surface area contributed by atoms with E-state index in [0.717, 1.165) is 5.92 Å². The van der Waals surface area contributed by atoms with E-state index in [2.05, 4.69) is 16.8 Å². The summed E-state index contributed by atoms with van der Waals surface area (Å²) in [7, 11) is 2.23. The van der Waals surface area contributed by atoms with Crippen LogP contribution < -0.4 is 0 Å². The van der Waals surface area contributed by atoms with Gasteiger partial charge in [-0.25, -0.2) is 0 Å². The van der Waals surface area contributed by atoms with Crippen molar-refractivity contribution in [2.75, 3.05) is 39.8 Å². The SMILES string of the molecule is CN1CCN(CCC2CCCCC2)CC1. The standard InChI is InChI=1S/C13H26N2/c1-14-9-11-15(12-10-14)8-7-13-5-3-2-4-6-13/h13H,2-12H2,1H3. The number of nitrogens with zero attached hydrogens (tertiary/aromatic N) is 2. The monoisotopic (exact) mass is 210 g/mol. The fourth-order valence-corrected chi connectivity index (χ4v) is 2.91. The van der Waals surface area contributed by atoms with Gasteiger partial charge in [-0.1, -0.05) is 32.1 Å². The van der Waals surface area contributed by atoms with Gasteiger partial charge in [-0.05, 0) is 25.9 Å². The largest absolute Gasteiger partial charge is 0.304 e. The Bertz CT molecular complexity index is 167. The predicted molar refractivity (Wildman–Crippen MR) is 65.1 cm³/mol. The van der Waals surface area contributed by atoms with Crippen molar-refractivity contribution in [3.8, 4) is 0 Å². The predicted octanol–water partition coefficient (Wildman–Crippen LogP) is 2.20. The van der Waals surface area contributed by atoms with Crippen molar-refractivity contribution in [3.05, 3.63) is 0 Å². The van der Waals surface area contributed by atoms with E-state index in [1.807, 2.05) is 0 Å². The summed E-state index contributed by atoms with van der Waals surface area (Å²) in [6.45, 7) is 6.49. The third-order valence-corrected chi connectivity index (χ3v) is 4.17. The van der Waals surface area contributed by atoms with E-state index in [1.165, 1.54) is 71.2 Å². The lowest BCUT2D eigenvalue weighted by Crippen LogP contribution is -2.45. The quantitative estimate of drug-likeness (QED) is 0.704. The second kappa shape index (κ2) is 5.86. The zero-order valence-electron chi connectivity index (χ0n) is 10.2. The minimum Gasteiger partial charge on any atom is -0.304 e. The molecule has 0 N–H and O–H groups in total. The molecule has 1 saturated heterocycles. The summed E-state index contributed by atoms with van der Waals surface area (Å²) in [5.74, 6) is 1.05. The molecule has 0 aromatic rings. The first-order valence-corrected chi connectivity index (χ1v) is 6.75. The van der Waals surface area contributed by atoms with Crippen LogP contribution in [0.15, 0.2) is 0 Å². The van der Waals surface area contributed by atoms with E-state index in [4.69, 9.17) is 0 Å². The third-order valence-electron chi connectivity index (χ3n) is 4.17. The first kappa shape index (κ1) is 11.4. The highest BCUT2D eigenvalue weighted by molar-refractivity contribution is 4.72. The van der Waals surface area contributed by atoms with Gasteiger partial charge in [0, 0.05) is 26.2 Å². The first-order valence-electron chi connectivity index (χ1n) is 6.75. The van der Waals surface area contributed by atoms with E-state index >= 15 is 0 Å². The molecular formula is C13H26N2. The van der Waals surface area contributed by atoms with Gasteiger partial charge in [0.25, 0.3) is 0 Å². The molecule has 2 nitrogen and oxygen atoms in total. The molecule has 0 aromatic carbocycles. The normalized spacial score (nSPS) is 27.0. The molecule has 0 atom stereocenters. The van der Waals surface area contributed by atoms with Gasteiger partial charge >= 0.3 is 0 Å². The Balaban J connectivity index is 1.60. The number of hydrogen-bond acceptors (Lipinski definition) is 2. The maximum absolute atomic E-state index is 2.66. The smallest absolute Gasteiger partial charge is 0.0110 e. The van der Waals surface area contributed by atoms with Gasteiger partial charge in [0.2, 0.25) is 0 Å². The van der Waals surface area contributed by atoms with Crippen molar-refractivity contribution < 1.29 is 0 Å². The Morgan fingerprint density at radius 1 is 0.933 bits per heavy atom. The zero-order valence-corrected chi connectivity index (χ0v) is 10.2. The van der Waals surface area contributed by atoms with Crippen LogP contribution in [0, 0.1) is 5.92 Å². The van der Waals surface area contributed by atoms with Crippen LogP contribution in [0.5, 0.6) is 0 Å². The highest BCUT2D eigenvalue weighted by Crippen LogP contribution is 2.26. The Morgan fingerprint density at radius 2 is 1.60 bits per heavy atom. The van der Waals surface area contributed by atoms with Gasteiger partial charge in [-0.2, -0.15) is 0 Å². The minimum atomic E-state index is 1.05. The molecule has 2 aliphatic rings. The van der Waals surface area contributed by atoms with Crippen LogP contribution in [0.25, 0.3) is 0 Å². The molecule has 1 heterocycles. The number of piperazine rings is 1. The van der Waals surface area contributed by atoms with Crippen LogP contribution in [-0.4, -0.2) is 49.6 Å². The Kier molecular flexibility index (Phi) is 4.45. The van der Waals surface area contributed by atoms with E-state index in [1.54, 1.807) is 0 Å². The summed E-state index contributed by atoms with van der Waals surface area (Å²) in [4.78, 5) is 5.10. The van der Waals surface area contributed by atoms with Crippen molar-refractivity contribution in [2.24, 2.45) is 5.92 Å². The van der Waals surface area contributed by atoms with Crippen LogP contribution in [0.1, 0.15) is 38.5 Å². The van der Waals surface area contributed by atoms with E-state index in [9.17, 15) is 0 Å². The Hall–Kier alpha value is -0.0800. The van der Waals surface area contributed by atoms with Gasteiger partial charge in [0.1, 0.15) is 0 Å². The molecule has 1 aliphatic heterocycles. The molecule has 1 aliphatic carbocycles. The molecule has 0 aromatic heterocycles. The maximum atomic E-state index is 2.66. The first-order chi connectivity index (χ1) is 7.34. The zero-order chi connectivity index (χ0) is 10.5. The van der Waals surface area contributed by atoms with Crippen molar-refractivity contribution in [1.29, 1.82) is 0 Å². The summed E-state index contributed by atoms with van der Waals surface area (Å²) in [5, 5.41) is 0. The fourth-order valence-electron chi connectivity index (χ4n) is 2.91. The van der Waals surface area contributed by atoms with E-state index in [-0.39, 0.29) is 0 Å². The average molecular weight is 210 g/mol. The van der Waals surface area contributed by atoms with Gasteiger partial charge < -0.3 is 9.80 Å². The van der Waals surface area contributed by atoms with Gasteiger partial charge in [0.15, 0.2) is 0 Å².